The van der Waals surface area contributed by atoms with Gasteiger partial charge in [-0.25, -0.2) is 0 Å². The van der Waals surface area contributed by atoms with Crippen LogP contribution in [0.15, 0.2) is 174 Å². The standard InChI is InChI=1S/C51H34O/c1-51(2)45-21-11-9-14-35(45)36-28-27-33(29-46(36)51)31-23-25-32(26-24-31)48-38-16-4-6-18-40(38)49(41-19-7-5-17-39(41)48)43-30-44-37-15-10-12-22-47(37)52-50(44)42-20-8-3-13-34(42)43/h3-30H,1-2H3. The third kappa shape index (κ3) is 4.05. The van der Waals surface area contributed by atoms with Crippen LogP contribution in [0.1, 0.15) is 25.0 Å². The minimum Gasteiger partial charge on any atom is -0.455 e. The summed E-state index contributed by atoms with van der Waals surface area (Å²) in [6, 6.07) is 62.4. The molecule has 0 bridgehead atoms. The van der Waals surface area contributed by atoms with Crippen molar-refractivity contribution in [2.45, 2.75) is 19.3 Å². The minimum absolute atomic E-state index is 0.0258. The zero-order valence-corrected chi connectivity index (χ0v) is 29.1. The van der Waals surface area contributed by atoms with Crippen LogP contribution in [0.25, 0.3) is 98.8 Å². The normalized spacial score (nSPS) is 13.3. The summed E-state index contributed by atoms with van der Waals surface area (Å²) in [5.41, 5.74) is 14.8. The molecule has 1 aliphatic carbocycles. The Labute approximate surface area is 302 Å². The average molecular weight is 663 g/mol. The van der Waals surface area contributed by atoms with E-state index in [1.165, 1.54) is 82.6 Å². The molecule has 0 radical (unpaired) electrons. The summed E-state index contributed by atoms with van der Waals surface area (Å²) in [5.74, 6) is 0. The molecular formula is C51H34O. The van der Waals surface area contributed by atoms with Gasteiger partial charge < -0.3 is 4.42 Å². The van der Waals surface area contributed by atoms with Crippen LogP contribution in [0, 0.1) is 0 Å². The van der Waals surface area contributed by atoms with Crippen molar-refractivity contribution in [1.29, 1.82) is 0 Å². The summed E-state index contributed by atoms with van der Waals surface area (Å²) in [7, 11) is 0. The highest BCUT2D eigenvalue weighted by Gasteiger charge is 2.35. The molecule has 0 fully saturated rings. The highest BCUT2D eigenvalue weighted by Crippen LogP contribution is 2.50. The summed E-state index contributed by atoms with van der Waals surface area (Å²) in [6.07, 6.45) is 0. The van der Waals surface area contributed by atoms with E-state index in [9.17, 15) is 0 Å². The minimum atomic E-state index is -0.0258. The molecule has 0 amide bonds. The smallest absolute Gasteiger partial charge is 0.143 e. The maximum absolute atomic E-state index is 6.50. The van der Waals surface area contributed by atoms with E-state index in [-0.39, 0.29) is 5.41 Å². The number of hydrogen-bond donors (Lipinski definition) is 0. The lowest BCUT2D eigenvalue weighted by atomic mass is 9.81. The van der Waals surface area contributed by atoms with Gasteiger partial charge in [0, 0.05) is 21.6 Å². The Morgan fingerprint density at radius 1 is 0.346 bits per heavy atom. The first-order valence-corrected chi connectivity index (χ1v) is 18.2. The maximum Gasteiger partial charge on any atom is 0.143 e. The van der Waals surface area contributed by atoms with Crippen molar-refractivity contribution in [1.82, 2.24) is 0 Å². The van der Waals surface area contributed by atoms with Gasteiger partial charge in [-0.3, -0.25) is 0 Å². The summed E-state index contributed by atoms with van der Waals surface area (Å²) < 4.78 is 6.50. The van der Waals surface area contributed by atoms with Gasteiger partial charge in [-0.05, 0) is 101 Å². The molecule has 52 heavy (non-hydrogen) atoms. The number of rotatable bonds is 3. The van der Waals surface area contributed by atoms with Gasteiger partial charge in [0.2, 0.25) is 0 Å². The number of benzene rings is 9. The van der Waals surface area contributed by atoms with E-state index in [4.69, 9.17) is 4.42 Å². The third-order valence-corrected chi connectivity index (χ3v) is 11.7. The molecule has 0 atom stereocenters. The van der Waals surface area contributed by atoms with Crippen molar-refractivity contribution in [3.8, 4) is 44.5 Å². The van der Waals surface area contributed by atoms with E-state index >= 15 is 0 Å². The quantitative estimate of drug-likeness (QED) is 0.172. The first-order valence-electron chi connectivity index (χ1n) is 18.2. The molecule has 0 unspecified atom stereocenters. The predicted molar refractivity (Wildman–Crippen MR) is 220 cm³/mol. The van der Waals surface area contributed by atoms with Gasteiger partial charge in [0.05, 0.1) is 0 Å². The largest absolute Gasteiger partial charge is 0.455 e. The van der Waals surface area contributed by atoms with Crippen LogP contribution in [0.4, 0.5) is 0 Å². The van der Waals surface area contributed by atoms with Gasteiger partial charge in [0.25, 0.3) is 0 Å². The van der Waals surface area contributed by atoms with Gasteiger partial charge in [-0.15, -0.1) is 0 Å². The van der Waals surface area contributed by atoms with Crippen LogP contribution in [-0.2, 0) is 5.41 Å². The van der Waals surface area contributed by atoms with Crippen LogP contribution in [0.2, 0.25) is 0 Å². The molecule has 1 aliphatic rings. The van der Waals surface area contributed by atoms with Crippen molar-refractivity contribution in [2.75, 3.05) is 0 Å². The Kier molecular flexibility index (Phi) is 6.08. The van der Waals surface area contributed by atoms with E-state index in [2.05, 4.69) is 178 Å². The molecule has 1 heteroatoms. The van der Waals surface area contributed by atoms with Crippen molar-refractivity contribution >= 4 is 54.3 Å². The maximum atomic E-state index is 6.50. The lowest BCUT2D eigenvalue weighted by Crippen LogP contribution is -2.14. The fourth-order valence-electron chi connectivity index (χ4n) is 9.20. The first-order chi connectivity index (χ1) is 25.6. The molecule has 1 aromatic heterocycles. The summed E-state index contributed by atoms with van der Waals surface area (Å²) in [6.45, 7) is 4.70. The summed E-state index contributed by atoms with van der Waals surface area (Å²) >= 11 is 0. The van der Waals surface area contributed by atoms with Crippen molar-refractivity contribution in [3.05, 3.63) is 181 Å². The Bertz CT molecular complexity index is 3030. The molecule has 0 aliphatic heterocycles. The first kappa shape index (κ1) is 29.3. The molecule has 1 nitrogen and oxygen atoms in total. The molecule has 1 heterocycles. The Morgan fingerprint density at radius 3 is 1.58 bits per heavy atom. The average Bonchev–Trinajstić information content (AvgIpc) is 3.69. The van der Waals surface area contributed by atoms with E-state index < -0.39 is 0 Å². The Morgan fingerprint density at radius 2 is 0.865 bits per heavy atom. The van der Waals surface area contributed by atoms with Crippen LogP contribution in [0.3, 0.4) is 0 Å². The molecule has 10 aromatic rings. The lowest BCUT2D eigenvalue weighted by molar-refractivity contribution is 0.660. The van der Waals surface area contributed by atoms with Gasteiger partial charge in [-0.1, -0.05) is 166 Å². The number of hydrogen-bond acceptors (Lipinski definition) is 1. The third-order valence-electron chi connectivity index (χ3n) is 11.7. The van der Waals surface area contributed by atoms with Crippen LogP contribution in [-0.4, -0.2) is 0 Å². The Balaban J connectivity index is 1.11. The van der Waals surface area contributed by atoms with Gasteiger partial charge in [0.1, 0.15) is 11.2 Å². The number of fused-ring (bicyclic) bond motifs is 10. The monoisotopic (exact) mass is 662 g/mol. The van der Waals surface area contributed by atoms with Gasteiger partial charge >= 0.3 is 0 Å². The molecule has 9 aromatic carbocycles. The Hall–Kier alpha value is -6.44. The van der Waals surface area contributed by atoms with Crippen LogP contribution < -0.4 is 0 Å². The molecule has 244 valence electrons. The number of furan rings is 1. The lowest BCUT2D eigenvalue weighted by Gasteiger charge is -2.22. The molecule has 0 spiro atoms. The van der Waals surface area contributed by atoms with Crippen molar-refractivity contribution in [3.63, 3.8) is 0 Å². The van der Waals surface area contributed by atoms with Gasteiger partial charge in [0.15, 0.2) is 0 Å². The van der Waals surface area contributed by atoms with E-state index in [1.807, 2.05) is 6.07 Å². The molecule has 11 rings (SSSR count). The zero-order chi connectivity index (χ0) is 34.6. The van der Waals surface area contributed by atoms with Crippen LogP contribution in [0.5, 0.6) is 0 Å². The summed E-state index contributed by atoms with van der Waals surface area (Å²) in [5, 5.41) is 9.63. The second kappa shape index (κ2) is 10.8. The van der Waals surface area contributed by atoms with Crippen LogP contribution >= 0.6 is 0 Å². The van der Waals surface area contributed by atoms with Crippen molar-refractivity contribution in [2.24, 2.45) is 0 Å². The zero-order valence-electron chi connectivity index (χ0n) is 29.1. The molecule has 0 saturated carbocycles. The predicted octanol–water partition coefficient (Wildman–Crippen LogP) is 14.4. The summed E-state index contributed by atoms with van der Waals surface area (Å²) in [4.78, 5) is 0. The fourth-order valence-corrected chi connectivity index (χ4v) is 9.20. The second-order valence-corrected chi connectivity index (χ2v) is 14.8. The molecular weight excluding hydrogens is 629 g/mol. The highest BCUT2D eigenvalue weighted by molar-refractivity contribution is 6.27. The molecule has 0 saturated heterocycles. The van der Waals surface area contributed by atoms with E-state index in [0.29, 0.717) is 0 Å². The van der Waals surface area contributed by atoms with Gasteiger partial charge in [-0.2, -0.15) is 0 Å². The fraction of sp³-hybridized carbons (Fsp3) is 0.0588. The van der Waals surface area contributed by atoms with Crippen molar-refractivity contribution < 1.29 is 4.42 Å². The highest BCUT2D eigenvalue weighted by atomic mass is 16.3. The second-order valence-electron chi connectivity index (χ2n) is 14.8. The van der Waals surface area contributed by atoms with E-state index in [1.54, 1.807) is 0 Å². The topological polar surface area (TPSA) is 13.1 Å². The number of para-hydroxylation sites is 1. The molecule has 0 N–H and O–H groups in total. The van der Waals surface area contributed by atoms with E-state index in [0.717, 1.165) is 27.3 Å². The SMILES string of the molecule is CC1(C)c2ccccc2-c2ccc(-c3ccc(-c4c5ccccc5c(-c5cc6c7ccccc7oc6c6ccccc56)c5ccccc45)cc3)cc21.